The van der Waals surface area contributed by atoms with Crippen molar-refractivity contribution in [1.29, 1.82) is 0 Å². The first-order valence-corrected chi connectivity index (χ1v) is 7.22. The topological polar surface area (TPSA) is 41.4 Å². The van der Waals surface area contributed by atoms with E-state index in [1.54, 1.807) is 17.7 Å². The van der Waals surface area contributed by atoms with Crippen LogP contribution in [0.4, 0.5) is 5.95 Å². The van der Waals surface area contributed by atoms with E-state index in [2.05, 4.69) is 16.8 Å². The van der Waals surface area contributed by atoms with E-state index in [1.807, 2.05) is 30.3 Å². The number of hydrogen-bond donors (Lipinski definition) is 0. The number of hydrogen-bond acceptors (Lipinski definition) is 4. The first-order valence-electron chi connectivity index (χ1n) is 7.22. The van der Waals surface area contributed by atoms with Crippen molar-refractivity contribution in [3.63, 3.8) is 0 Å². The Hall–Kier alpha value is -2.14. The molecule has 1 aliphatic heterocycles. The standard InChI is InChI=1S/C16H20N4O/c1-18-8-10-20(11-9-18)16-17-14(12-15(21)19(16)2)13-6-4-3-5-7-13/h3-7,12H,8-11H2,1-2H3. The minimum Gasteiger partial charge on any atom is -0.340 e. The van der Waals surface area contributed by atoms with Crippen LogP contribution in [0.15, 0.2) is 41.2 Å². The van der Waals surface area contributed by atoms with Gasteiger partial charge in [0.2, 0.25) is 5.95 Å². The Morgan fingerprint density at radius 1 is 1.00 bits per heavy atom. The van der Waals surface area contributed by atoms with Gasteiger partial charge >= 0.3 is 0 Å². The summed E-state index contributed by atoms with van der Waals surface area (Å²) in [7, 11) is 3.90. The number of benzene rings is 1. The third-order valence-corrected chi connectivity index (χ3v) is 3.97. The van der Waals surface area contributed by atoms with Gasteiger partial charge in [0.05, 0.1) is 5.69 Å². The molecule has 0 atom stereocenters. The van der Waals surface area contributed by atoms with Crippen LogP contribution in [0, 0.1) is 0 Å². The third kappa shape index (κ3) is 2.83. The van der Waals surface area contributed by atoms with Gasteiger partial charge in [-0.2, -0.15) is 0 Å². The molecule has 1 aromatic heterocycles. The molecule has 0 amide bonds. The van der Waals surface area contributed by atoms with Crippen LogP contribution in [0.1, 0.15) is 0 Å². The molecule has 1 aromatic carbocycles. The first-order chi connectivity index (χ1) is 10.1. The SMILES string of the molecule is CN1CCN(c2nc(-c3ccccc3)cc(=O)n2C)CC1. The lowest BCUT2D eigenvalue weighted by Crippen LogP contribution is -2.46. The van der Waals surface area contributed by atoms with Crippen LogP contribution in [0.25, 0.3) is 11.3 Å². The van der Waals surface area contributed by atoms with Crippen LogP contribution < -0.4 is 10.5 Å². The lowest BCUT2D eigenvalue weighted by molar-refractivity contribution is 0.310. The van der Waals surface area contributed by atoms with Crippen molar-refractivity contribution < 1.29 is 0 Å². The minimum atomic E-state index is -0.0159. The summed E-state index contributed by atoms with van der Waals surface area (Å²) < 4.78 is 1.64. The van der Waals surface area contributed by atoms with Crippen LogP contribution in [-0.2, 0) is 7.05 Å². The van der Waals surface area contributed by atoms with Gasteiger partial charge in [0.25, 0.3) is 5.56 Å². The monoisotopic (exact) mass is 284 g/mol. The normalized spacial score (nSPS) is 16.2. The minimum absolute atomic E-state index is 0.0159. The van der Waals surface area contributed by atoms with E-state index in [4.69, 9.17) is 4.98 Å². The van der Waals surface area contributed by atoms with Crippen LogP contribution >= 0.6 is 0 Å². The van der Waals surface area contributed by atoms with Crippen LogP contribution in [0.5, 0.6) is 0 Å². The summed E-state index contributed by atoms with van der Waals surface area (Å²) in [5.41, 5.74) is 1.70. The maximum atomic E-state index is 12.2. The largest absolute Gasteiger partial charge is 0.340 e. The van der Waals surface area contributed by atoms with E-state index in [0.717, 1.165) is 43.4 Å². The maximum Gasteiger partial charge on any atom is 0.255 e. The van der Waals surface area contributed by atoms with Gasteiger partial charge in [-0.25, -0.2) is 4.98 Å². The van der Waals surface area contributed by atoms with Gasteiger partial charge < -0.3 is 9.80 Å². The Labute approximate surface area is 124 Å². The van der Waals surface area contributed by atoms with Crippen LogP contribution in [-0.4, -0.2) is 47.7 Å². The highest BCUT2D eigenvalue weighted by Crippen LogP contribution is 2.19. The second kappa shape index (κ2) is 5.69. The van der Waals surface area contributed by atoms with Gasteiger partial charge in [-0.05, 0) is 7.05 Å². The van der Waals surface area contributed by atoms with E-state index < -0.39 is 0 Å². The number of nitrogens with zero attached hydrogens (tertiary/aromatic N) is 4. The van der Waals surface area contributed by atoms with Crippen LogP contribution in [0.2, 0.25) is 0 Å². The summed E-state index contributed by atoms with van der Waals surface area (Å²) in [4.78, 5) is 21.4. The van der Waals surface area contributed by atoms with E-state index >= 15 is 0 Å². The van der Waals surface area contributed by atoms with E-state index in [-0.39, 0.29) is 5.56 Å². The number of rotatable bonds is 2. The maximum absolute atomic E-state index is 12.2. The zero-order valence-electron chi connectivity index (χ0n) is 12.5. The molecule has 5 nitrogen and oxygen atoms in total. The lowest BCUT2D eigenvalue weighted by atomic mass is 10.1. The fourth-order valence-corrected chi connectivity index (χ4v) is 2.57. The molecule has 5 heteroatoms. The summed E-state index contributed by atoms with van der Waals surface area (Å²) in [6, 6.07) is 11.5. The molecule has 1 fully saturated rings. The zero-order valence-corrected chi connectivity index (χ0v) is 12.5. The second-order valence-electron chi connectivity index (χ2n) is 5.49. The molecule has 1 aliphatic rings. The molecule has 0 radical (unpaired) electrons. The van der Waals surface area contributed by atoms with E-state index in [9.17, 15) is 4.79 Å². The van der Waals surface area contributed by atoms with Gasteiger partial charge in [-0.1, -0.05) is 30.3 Å². The Balaban J connectivity index is 2.01. The summed E-state index contributed by atoms with van der Waals surface area (Å²) in [6.45, 7) is 3.78. The predicted molar refractivity (Wildman–Crippen MR) is 84.6 cm³/mol. The molecule has 0 bridgehead atoms. The molecule has 0 N–H and O–H groups in total. The number of anilines is 1. The predicted octanol–water partition coefficient (Wildman–Crippen LogP) is 1.20. The highest BCUT2D eigenvalue weighted by Gasteiger charge is 2.19. The van der Waals surface area contributed by atoms with Gasteiger partial charge in [-0.15, -0.1) is 0 Å². The molecule has 21 heavy (non-hydrogen) atoms. The molecular formula is C16H20N4O. The van der Waals surface area contributed by atoms with Gasteiger partial charge in [0.1, 0.15) is 0 Å². The molecule has 0 saturated carbocycles. The molecule has 3 rings (SSSR count). The molecule has 1 saturated heterocycles. The number of likely N-dealkylation sites (N-methyl/N-ethyl adjacent to an activating group) is 1. The molecule has 0 spiro atoms. The van der Waals surface area contributed by atoms with Crippen molar-refractivity contribution in [2.24, 2.45) is 7.05 Å². The van der Waals surface area contributed by atoms with Crippen molar-refractivity contribution in [3.05, 3.63) is 46.8 Å². The lowest BCUT2D eigenvalue weighted by Gasteiger charge is -2.33. The first kappa shape index (κ1) is 13.8. The molecular weight excluding hydrogens is 264 g/mol. The average molecular weight is 284 g/mol. The summed E-state index contributed by atoms with van der Waals surface area (Å²) in [5, 5.41) is 0. The Morgan fingerprint density at radius 3 is 2.33 bits per heavy atom. The second-order valence-corrected chi connectivity index (χ2v) is 5.49. The number of piperazine rings is 1. The zero-order chi connectivity index (χ0) is 14.8. The molecule has 2 aromatic rings. The van der Waals surface area contributed by atoms with Crippen molar-refractivity contribution in [2.45, 2.75) is 0 Å². The van der Waals surface area contributed by atoms with Gasteiger partial charge in [-0.3, -0.25) is 9.36 Å². The molecule has 110 valence electrons. The fourth-order valence-electron chi connectivity index (χ4n) is 2.57. The fraction of sp³-hybridized carbons (Fsp3) is 0.375. The molecule has 0 aliphatic carbocycles. The van der Waals surface area contributed by atoms with E-state index in [0.29, 0.717) is 0 Å². The van der Waals surface area contributed by atoms with Crippen molar-refractivity contribution >= 4 is 5.95 Å². The van der Waals surface area contributed by atoms with Crippen LogP contribution in [0.3, 0.4) is 0 Å². The van der Waals surface area contributed by atoms with Crippen molar-refractivity contribution in [2.75, 3.05) is 38.1 Å². The average Bonchev–Trinajstić information content (AvgIpc) is 2.52. The Morgan fingerprint density at radius 2 is 1.67 bits per heavy atom. The van der Waals surface area contributed by atoms with Crippen molar-refractivity contribution in [1.82, 2.24) is 14.5 Å². The smallest absolute Gasteiger partial charge is 0.255 e. The summed E-state index contributed by atoms with van der Waals surface area (Å²) in [5.74, 6) is 0.759. The quantitative estimate of drug-likeness (QED) is 0.831. The number of aromatic nitrogens is 2. The van der Waals surface area contributed by atoms with Gasteiger partial charge in [0.15, 0.2) is 0 Å². The van der Waals surface area contributed by atoms with Crippen molar-refractivity contribution in [3.8, 4) is 11.3 Å². The Bertz CT molecular complexity index is 672. The molecule has 0 unspecified atom stereocenters. The highest BCUT2D eigenvalue weighted by molar-refractivity contribution is 5.60. The van der Waals surface area contributed by atoms with Gasteiger partial charge in [0, 0.05) is 44.9 Å². The van der Waals surface area contributed by atoms with E-state index in [1.165, 1.54) is 0 Å². The highest BCUT2D eigenvalue weighted by atomic mass is 16.1. The molecule has 2 heterocycles. The third-order valence-electron chi connectivity index (χ3n) is 3.97. The summed E-state index contributed by atoms with van der Waals surface area (Å²) in [6.07, 6.45) is 0. The Kier molecular flexibility index (Phi) is 3.75. The summed E-state index contributed by atoms with van der Waals surface area (Å²) >= 11 is 0.